The average Bonchev–Trinajstić information content (AvgIpc) is 3.01. The van der Waals surface area contributed by atoms with E-state index in [1.165, 1.54) is 36.2 Å². The van der Waals surface area contributed by atoms with Gasteiger partial charge in [-0.2, -0.15) is 8.42 Å². The highest BCUT2D eigenvalue weighted by Crippen LogP contribution is 2.27. The van der Waals surface area contributed by atoms with E-state index in [4.69, 9.17) is 9.57 Å². The molecule has 0 bridgehead atoms. The number of sulfonamides is 1. The van der Waals surface area contributed by atoms with Crippen LogP contribution in [-0.2, 0) is 30.8 Å². The van der Waals surface area contributed by atoms with Gasteiger partial charge in [-0.3, -0.25) is 9.69 Å². The number of benzene rings is 3. The van der Waals surface area contributed by atoms with Gasteiger partial charge in [0.2, 0.25) is 0 Å². The fraction of sp³-hybridized carbons (Fsp3) is 0.258. The molecule has 1 aromatic heterocycles. The van der Waals surface area contributed by atoms with Crippen LogP contribution < -0.4 is 9.79 Å². The standard InChI is InChI=1S/C31H33N5O5S/c1-24-4-14-29(15-5-24)42(38,39)36(41-23-37)28-12-10-27(11-13-28)34-31-21-30(32-22-33-31)26-8-6-25(7-9-26)3-2-16-35-17-19-40-20-18-35/h4-15,21-23H,2-3,16-20H2,1H3,(H,32,33,34). The number of morpholine rings is 1. The number of hydrogen-bond donors (Lipinski definition) is 1. The lowest BCUT2D eigenvalue weighted by atomic mass is 10.1. The van der Waals surface area contributed by atoms with E-state index in [1.54, 1.807) is 24.3 Å². The van der Waals surface area contributed by atoms with Gasteiger partial charge in [0.25, 0.3) is 10.0 Å². The average molecular weight is 588 g/mol. The Hall–Kier alpha value is -4.32. The number of carbonyl (C=O) groups is 1. The normalized spacial score (nSPS) is 13.8. The van der Waals surface area contributed by atoms with Gasteiger partial charge in [-0.05, 0) is 68.3 Å². The predicted octanol–water partition coefficient (Wildman–Crippen LogP) is 4.74. The minimum Gasteiger partial charge on any atom is -0.379 e. The molecule has 0 saturated carbocycles. The maximum atomic E-state index is 13.1. The second-order valence-electron chi connectivity index (χ2n) is 9.96. The van der Waals surface area contributed by atoms with E-state index in [1.807, 2.05) is 13.0 Å². The summed E-state index contributed by atoms with van der Waals surface area (Å²) in [5.41, 5.74) is 4.79. The summed E-state index contributed by atoms with van der Waals surface area (Å²) in [5.74, 6) is 0.579. The molecular weight excluding hydrogens is 554 g/mol. The van der Waals surface area contributed by atoms with Crippen LogP contribution in [0.5, 0.6) is 0 Å². The molecule has 11 heteroatoms. The fourth-order valence-corrected chi connectivity index (χ4v) is 5.89. The largest absolute Gasteiger partial charge is 0.379 e. The van der Waals surface area contributed by atoms with Gasteiger partial charge in [-0.1, -0.05) is 46.4 Å². The Morgan fingerprint density at radius 3 is 2.38 bits per heavy atom. The van der Waals surface area contributed by atoms with Crippen LogP contribution in [0.2, 0.25) is 0 Å². The summed E-state index contributed by atoms with van der Waals surface area (Å²) in [6.07, 6.45) is 3.62. The SMILES string of the molecule is Cc1ccc(S(=O)(=O)N(OC=O)c2ccc(Nc3cc(-c4ccc(CCCN5CCOCC5)cc4)ncn3)cc2)cc1. The van der Waals surface area contributed by atoms with E-state index < -0.39 is 10.0 Å². The van der Waals surface area contributed by atoms with E-state index >= 15 is 0 Å². The first-order valence-electron chi connectivity index (χ1n) is 13.7. The van der Waals surface area contributed by atoms with Gasteiger partial charge in [0.05, 0.1) is 29.5 Å². The molecule has 5 rings (SSSR count). The Morgan fingerprint density at radius 1 is 0.976 bits per heavy atom. The minimum absolute atomic E-state index is 0.00619. The van der Waals surface area contributed by atoms with Crippen molar-refractivity contribution < 1.29 is 22.8 Å². The lowest BCUT2D eigenvalue weighted by Gasteiger charge is -2.26. The van der Waals surface area contributed by atoms with E-state index in [9.17, 15) is 13.2 Å². The molecule has 0 spiro atoms. The first kappa shape index (κ1) is 29.2. The molecule has 3 aromatic carbocycles. The summed E-state index contributed by atoms with van der Waals surface area (Å²) in [5, 5.41) is 3.22. The summed E-state index contributed by atoms with van der Waals surface area (Å²) in [6, 6.07) is 23.0. The number of anilines is 3. The molecule has 0 amide bonds. The number of nitrogens with one attached hydrogen (secondary N) is 1. The highest BCUT2D eigenvalue weighted by atomic mass is 32.2. The van der Waals surface area contributed by atoms with Crippen molar-refractivity contribution in [2.24, 2.45) is 0 Å². The summed E-state index contributed by atoms with van der Waals surface area (Å²) in [4.78, 5) is 27.2. The summed E-state index contributed by atoms with van der Waals surface area (Å²) < 4.78 is 32.3. The van der Waals surface area contributed by atoms with Crippen LogP contribution in [0.15, 0.2) is 90.1 Å². The van der Waals surface area contributed by atoms with Crippen LogP contribution in [-0.4, -0.2) is 62.6 Å². The Morgan fingerprint density at radius 2 is 1.69 bits per heavy atom. The number of carbonyl (C=O) groups excluding carboxylic acids is 1. The van der Waals surface area contributed by atoms with Gasteiger partial charge in [0.1, 0.15) is 12.1 Å². The highest BCUT2D eigenvalue weighted by Gasteiger charge is 2.27. The summed E-state index contributed by atoms with van der Waals surface area (Å²) >= 11 is 0. The van der Waals surface area contributed by atoms with Gasteiger partial charge in [-0.15, -0.1) is 0 Å². The number of aryl methyl sites for hydroxylation is 2. The molecular formula is C31H33N5O5S. The molecule has 42 heavy (non-hydrogen) atoms. The van der Waals surface area contributed by atoms with Gasteiger partial charge in [0, 0.05) is 30.4 Å². The molecule has 1 fully saturated rings. The number of nitrogens with zero attached hydrogens (tertiary/aromatic N) is 4. The quantitative estimate of drug-likeness (QED) is 0.185. The van der Waals surface area contributed by atoms with Crippen molar-refractivity contribution in [1.29, 1.82) is 0 Å². The summed E-state index contributed by atoms with van der Waals surface area (Å²) in [7, 11) is -4.12. The smallest absolute Gasteiger partial charge is 0.322 e. The molecule has 0 atom stereocenters. The van der Waals surface area contributed by atoms with Crippen LogP contribution in [0.25, 0.3) is 11.3 Å². The summed E-state index contributed by atoms with van der Waals surface area (Å²) in [6.45, 7) is 6.68. The van der Waals surface area contributed by atoms with Gasteiger partial charge in [0.15, 0.2) is 0 Å². The van der Waals surface area contributed by atoms with Crippen LogP contribution in [0.3, 0.4) is 0 Å². The molecule has 0 aliphatic carbocycles. The first-order chi connectivity index (χ1) is 20.4. The third-order valence-electron chi connectivity index (χ3n) is 6.99. The van der Waals surface area contributed by atoms with Crippen LogP contribution in [0.1, 0.15) is 17.5 Å². The lowest BCUT2D eigenvalue weighted by Crippen LogP contribution is -2.36. The zero-order valence-corrected chi connectivity index (χ0v) is 24.2. The van der Waals surface area contributed by atoms with Crippen molar-refractivity contribution >= 4 is 33.7 Å². The van der Waals surface area contributed by atoms with Gasteiger partial charge >= 0.3 is 6.47 Å². The van der Waals surface area contributed by atoms with Crippen molar-refractivity contribution in [1.82, 2.24) is 14.9 Å². The Balaban J connectivity index is 1.23. The monoisotopic (exact) mass is 587 g/mol. The maximum absolute atomic E-state index is 13.1. The van der Waals surface area contributed by atoms with Crippen molar-refractivity contribution in [3.8, 4) is 11.3 Å². The van der Waals surface area contributed by atoms with Crippen LogP contribution >= 0.6 is 0 Å². The maximum Gasteiger partial charge on any atom is 0.322 e. The number of rotatable bonds is 12. The van der Waals surface area contributed by atoms with E-state index in [2.05, 4.69) is 44.5 Å². The zero-order chi connectivity index (χ0) is 29.4. The number of ether oxygens (including phenoxy) is 1. The fourth-order valence-electron chi connectivity index (χ4n) is 4.67. The molecule has 1 N–H and O–H groups in total. The Bertz CT molecular complexity index is 1570. The van der Waals surface area contributed by atoms with Crippen molar-refractivity contribution in [2.45, 2.75) is 24.7 Å². The van der Waals surface area contributed by atoms with E-state index in [0.717, 1.165) is 62.5 Å². The van der Waals surface area contributed by atoms with Crippen molar-refractivity contribution in [3.05, 3.63) is 96.3 Å². The molecule has 4 aromatic rings. The van der Waals surface area contributed by atoms with E-state index in [0.29, 0.717) is 16.0 Å². The van der Waals surface area contributed by atoms with Gasteiger partial charge < -0.3 is 14.9 Å². The van der Waals surface area contributed by atoms with Crippen LogP contribution in [0.4, 0.5) is 17.2 Å². The van der Waals surface area contributed by atoms with Crippen molar-refractivity contribution in [2.75, 3.05) is 42.6 Å². The van der Waals surface area contributed by atoms with Gasteiger partial charge in [-0.25, -0.2) is 9.97 Å². The highest BCUT2D eigenvalue weighted by molar-refractivity contribution is 7.92. The second-order valence-corrected chi connectivity index (χ2v) is 11.7. The second kappa shape index (κ2) is 13.6. The molecule has 1 saturated heterocycles. The topological polar surface area (TPSA) is 114 Å². The molecule has 10 nitrogen and oxygen atoms in total. The van der Waals surface area contributed by atoms with Crippen molar-refractivity contribution in [3.63, 3.8) is 0 Å². The Labute approximate surface area is 245 Å². The molecule has 218 valence electrons. The minimum atomic E-state index is -4.12. The molecule has 0 unspecified atom stereocenters. The third kappa shape index (κ3) is 7.30. The zero-order valence-electron chi connectivity index (χ0n) is 23.3. The molecule has 1 aliphatic rings. The predicted molar refractivity (Wildman–Crippen MR) is 161 cm³/mol. The molecule has 0 radical (unpaired) electrons. The van der Waals surface area contributed by atoms with Crippen LogP contribution in [0, 0.1) is 6.92 Å². The third-order valence-corrected chi connectivity index (χ3v) is 8.59. The van der Waals surface area contributed by atoms with E-state index in [-0.39, 0.29) is 17.1 Å². The number of aromatic nitrogens is 2. The lowest BCUT2D eigenvalue weighted by molar-refractivity contribution is -0.128. The first-order valence-corrected chi connectivity index (χ1v) is 15.2. The molecule has 2 heterocycles. The molecule has 1 aliphatic heterocycles. The number of hydrogen-bond acceptors (Lipinski definition) is 9. The Kier molecular flexibility index (Phi) is 9.42.